The summed E-state index contributed by atoms with van der Waals surface area (Å²) in [5.41, 5.74) is 4.23. The van der Waals surface area contributed by atoms with Crippen LogP contribution >= 0.6 is 0 Å². The first-order valence-electron chi connectivity index (χ1n) is 10.3. The fourth-order valence-electron chi connectivity index (χ4n) is 3.33. The molecular formula is C26H22N4O3. The van der Waals surface area contributed by atoms with E-state index in [9.17, 15) is 4.79 Å². The van der Waals surface area contributed by atoms with Gasteiger partial charge >= 0.3 is 0 Å². The number of anilines is 1. The molecule has 33 heavy (non-hydrogen) atoms. The summed E-state index contributed by atoms with van der Waals surface area (Å²) in [5, 5.41) is 16.3. The molecule has 0 bridgehead atoms. The molecule has 0 aliphatic heterocycles. The van der Waals surface area contributed by atoms with E-state index in [2.05, 4.69) is 5.32 Å². The summed E-state index contributed by atoms with van der Waals surface area (Å²) in [7, 11) is 1.60. The molecule has 7 heteroatoms. The Balaban J connectivity index is 1.71. The number of carbonyl (C=O) groups excluding carboxylic acids is 1. The lowest BCUT2D eigenvalue weighted by atomic mass is 10.1. The summed E-state index contributed by atoms with van der Waals surface area (Å²) < 4.78 is 12.4. The van der Waals surface area contributed by atoms with Crippen LogP contribution in [0.15, 0.2) is 79.0 Å². The molecule has 1 heterocycles. The van der Waals surface area contributed by atoms with Crippen molar-refractivity contribution in [3.05, 3.63) is 90.1 Å². The highest BCUT2D eigenvalue weighted by Crippen LogP contribution is 2.28. The number of nitrogens with one attached hydrogen (secondary N) is 1. The van der Waals surface area contributed by atoms with Gasteiger partial charge < -0.3 is 14.8 Å². The SMILES string of the molecule is COc1cccc(-c2nn(-c3ccc(C)cc3)cc2C(=O)Nc2cccc(OCC#N)c2)c1. The highest BCUT2D eigenvalue weighted by molar-refractivity contribution is 6.08. The molecule has 0 aliphatic rings. The third-order valence-electron chi connectivity index (χ3n) is 5.00. The second-order valence-corrected chi connectivity index (χ2v) is 7.33. The average Bonchev–Trinajstić information content (AvgIpc) is 3.29. The Morgan fingerprint density at radius 1 is 1.06 bits per heavy atom. The predicted octanol–water partition coefficient (Wildman–Crippen LogP) is 5.01. The number of hydrogen-bond donors (Lipinski definition) is 1. The zero-order valence-electron chi connectivity index (χ0n) is 18.3. The van der Waals surface area contributed by atoms with Gasteiger partial charge in [-0.05, 0) is 43.3 Å². The quantitative estimate of drug-likeness (QED) is 0.438. The lowest BCUT2D eigenvalue weighted by molar-refractivity contribution is 0.102. The van der Waals surface area contributed by atoms with Gasteiger partial charge in [-0.1, -0.05) is 35.9 Å². The van der Waals surface area contributed by atoms with E-state index >= 15 is 0 Å². The van der Waals surface area contributed by atoms with E-state index in [1.807, 2.05) is 61.5 Å². The number of amides is 1. The Kier molecular flexibility index (Phi) is 6.37. The van der Waals surface area contributed by atoms with E-state index in [0.29, 0.717) is 28.4 Å². The van der Waals surface area contributed by atoms with Crippen molar-refractivity contribution < 1.29 is 14.3 Å². The van der Waals surface area contributed by atoms with E-state index in [0.717, 1.165) is 16.8 Å². The Labute approximate surface area is 191 Å². The molecule has 0 fully saturated rings. The lowest BCUT2D eigenvalue weighted by Gasteiger charge is -2.08. The first-order valence-corrected chi connectivity index (χ1v) is 10.3. The van der Waals surface area contributed by atoms with E-state index < -0.39 is 0 Å². The van der Waals surface area contributed by atoms with Crippen LogP contribution in [0.5, 0.6) is 11.5 Å². The van der Waals surface area contributed by atoms with Crippen molar-refractivity contribution in [3.63, 3.8) is 0 Å². The standard InChI is InChI=1S/C26H22N4O3/c1-18-9-11-21(12-10-18)30-17-24(25(29-30)19-5-3-7-22(15-19)32-2)26(31)28-20-6-4-8-23(16-20)33-14-13-27/h3-12,15-17H,14H2,1-2H3,(H,28,31). The van der Waals surface area contributed by atoms with Gasteiger partial charge in [-0.25, -0.2) is 4.68 Å². The molecule has 0 aliphatic carbocycles. The summed E-state index contributed by atoms with van der Waals surface area (Å²) in [6.45, 7) is 1.95. The number of hydrogen-bond acceptors (Lipinski definition) is 5. The molecular weight excluding hydrogens is 416 g/mol. The molecule has 1 aromatic heterocycles. The van der Waals surface area contributed by atoms with Gasteiger partial charge in [0.2, 0.25) is 0 Å². The number of aromatic nitrogens is 2. The van der Waals surface area contributed by atoms with Crippen molar-refractivity contribution in [1.82, 2.24) is 9.78 Å². The minimum atomic E-state index is -0.316. The van der Waals surface area contributed by atoms with Gasteiger partial charge in [0.25, 0.3) is 5.91 Å². The number of methoxy groups -OCH3 is 1. The van der Waals surface area contributed by atoms with Gasteiger partial charge in [0.15, 0.2) is 6.61 Å². The van der Waals surface area contributed by atoms with E-state index in [1.54, 1.807) is 42.3 Å². The molecule has 3 aromatic carbocycles. The van der Waals surface area contributed by atoms with E-state index in [1.165, 1.54) is 0 Å². The number of nitriles is 1. The van der Waals surface area contributed by atoms with E-state index in [4.69, 9.17) is 19.8 Å². The second kappa shape index (κ2) is 9.71. The number of ether oxygens (including phenoxy) is 2. The summed E-state index contributed by atoms with van der Waals surface area (Å²) in [6, 6.07) is 24.2. The smallest absolute Gasteiger partial charge is 0.259 e. The molecule has 4 rings (SSSR count). The number of carbonyl (C=O) groups is 1. The van der Waals surface area contributed by atoms with Crippen LogP contribution in [0.3, 0.4) is 0 Å². The molecule has 164 valence electrons. The van der Waals surface area contributed by atoms with Crippen molar-refractivity contribution in [2.75, 3.05) is 19.0 Å². The lowest BCUT2D eigenvalue weighted by Crippen LogP contribution is -2.12. The van der Waals surface area contributed by atoms with Gasteiger partial charge in [0.05, 0.1) is 18.4 Å². The third kappa shape index (κ3) is 5.02. The van der Waals surface area contributed by atoms with Crippen LogP contribution in [0.2, 0.25) is 0 Å². The Morgan fingerprint density at radius 3 is 2.58 bits per heavy atom. The molecule has 0 unspecified atom stereocenters. The maximum Gasteiger partial charge on any atom is 0.259 e. The number of benzene rings is 3. The van der Waals surface area contributed by atoms with Crippen LogP contribution in [0.25, 0.3) is 16.9 Å². The summed E-state index contributed by atoms with van der Waals surface area (Å²) in [4.78, 5) is 13.3. The molecule has 4 aromatic rings. The van der Waals surface area contributed by atoms with Gasteiger partial charge in [-0.15, -0.1) is 0 Å². The van der Waals surface area contributed by atoms with Crippen molar-refractivity contribution in [1.29, 1.82) is 5.26 Å². The normalized spacial score (nSPS) is 10.3. The largest absolute Gasteiger partial charge is 0.497 e. The summed E-state index contributed by atoms with van der Waals surface area (Å²) in [5.74, 6) is 0.854. The molecule has 0 atom stereocenters. The minimum absolute atomic E-state index is 0.0687. The molecule has 1 amide bonds. The van der Waals surface area contributed by atoms with Crippen LogP contribution in [-0.4, -0.2) is 29.4 Å². The maximum absolute atomic E-state index is 13.3. The summed E-state index contributed by atoms with van der Waals surface area (Å²) in [6.07, 6.45) is 1.71. The van der Waals surface area contributed by atoms with Crippen molar-refractivity contribution in [2.45, 2.75) is 6.92 Å². The number of nitrogens with zero attached hydrogens (tertiary/aromatic N) is 3. The van der Waals surface area contributed by atoms with Crippen LogP contribution in [0, 0.1) is 18.3 Å². The minimum Gasteiger partial charge on any atom is -0.497 e. The van der Waals surface area contributed by atoms with Gasteiger partial charge in [0, 0.05) is 23.5 Å². The Morgan fingerprint density at radius 2 is 1.82 bits per heavy atom. The first-order chi connectivity index (χ1) is 16.1. The number of rotatable bonds is 7. The average molecular weight is 438 g/mol. The van der Waals surface area contributed by atoms with Crippen LogP contribution in [0.4, 0.5) is 5.69 Å². The van der Waals surface area contributed by atoms with Gasteiger partial charge in [-0.2, -0.15) is 10.4 Å². The Bertz CT molecular complexity index is 1320. The molecule has 0 radical (unpaired) electrons. The van der Waals surface area contributed by atoms with Gasteiger partial charge in [0.1, 0.15) is 23.3 Å². The summed E-state index contributed by atoms with van der Waals surface area (Å²) >= 11 is 0. The first kappa shape index (κ1) is 21.7. The van der Waals surface area contributed by atoms with Crippen molar-refractivity contribution in [3.8, 4) is 34.5 Å². The van der Waals surface area contributed by atoms with Crippen molar-refractivity contribution >= 4 is 11.6 Å². The fourth-order valence-corrected chi connectivity index (χ4v) is 3.33. The van der Waals surface area contributed by atoms with Crippen LogP contribution in [-0.2, 0) is 0 Å². The molecule has 0 saturated carbocycles. The zero-order valence-corrected chi connectivity index (χ0v) is 18.3. The van der Waals surface area contributed by atoms with Crippen LogP contribution in [0.1, 0.15) is 15.9 Å². The second-order valence-electron chi connectivity index (χ2n) is 7.33. The third-order valence-corrected chi connectivity index (χ3v) is 5.00. The molecule has 0 spiro atoms. The van der Waals surface area contributed by atoms with Crippen molar-refractivity contribution in [2.24, 2.45) is 0 Å². The highest BCUT2D eigenvalue weighted by Gasteiger charge is 2.19. The number of aryl methyl sites for hydroxylation is 1. The Hall–Kier alpha value is -4.57. The predicted molar refractivity (Wildman–Crippen MR) is 126 cm³/mol. The molecule has 7 nitrogen and oxygen atoms in total. The topological polar surface area (TPSA) is 89.2 Å². The molecule has 1 N–H and O–H groups in total. The zero-order chi connectivity index (χ0) is 23.2. The van der Waals surface area contributed by atoms with Crippen LogP contribution < -0.4 is 14.8 Å². The van der Waals surface area contributed by atoms with E-state index in [-0.39, 0.29) is 12.5 Å². The molecule has 0 saturated heterocycles. The highest BCUT2D eigenvalue weighted by atomic mass is 16.5. The monoisotopic (exact) mass is 438 g/mol. The fraction of sp³-hybridized carbons (Fsp3) is 0.115. The van der Waals surface area contributed by atoms with Gasteiger partial charge in [-0.3, -0.25) is 4.79 Å². The maximum atomic E-state index is 13.3.